The summed E-state index contributed by atoms with van der Waals surface area (Å²) >= 11 is 0. The molecule has 3 rings (SSSR count). The number of ether oxygens (including phenoxy) is 2. The number of amides is 1. The summed E-state index contributed by atoms with van der Waals surface area (Å²) in [7, 11) is 0. The Labute approximate surface area is 118 Å². The highest BCUT2D eigenvalue weighted by Crippen LogP contribution is 2.29. The Balaban J connectivity index is 1.66. The van der Waals surface area contributed by atoms with E-state index in [9.17, 15) is 4.79 Å². The van der Waals surface area contributed by atoms with Gasteiger partial charge in [-0.15, -0.1) is 0 Å². The smallest absolute Gasteiger partial charge is 0.264 e. The van der Waals surface area contributed by atoms with E-state index in [2.05, 4.69) is 0 Å². The van der Waals surface area contributed by atoms with Gasteiger partial charge in [-0.25, -0.2) is 0 Å². The molecule has 108 valence electrons. The maximum atomic E-state index is 12.5. The molecule has 1 aromatic rings. The topological polar surface area (TPSA) is 64.8 Å². The number of carbonyl (C=O) groups excluding carboxylic acids is 1. The lowest BCUT2D eigenvalue weighted by Crippen LogP contribution is -2.54. The Morgan fingerprint density at radius 1 is 1.45 bits per heavy atom. The van der Waals surface area contributed by atoms with Crippen molar-refractivity contribution in [1.29, 1.82) is 0 Å². The average molecular weight is 276 g/mol. The molecule has 0 spiro atoms. The minimum absolute atomic E-state index is 0.0372. The molecule has 5 heteroatoms. The van der Waals surface area contributed by atoms with Crippen LogP contribution in [0.1, 0.15) is 12.5 Å². The highest BCUT2D eigenvalue weighted by molar-refractivity contribution is 5.82. The van der Waals surface area contributed by atoms with Gasteiger partial charge in [0.1, 0.15) is 5.75 Å². The summed E-state index contributed by atoms with van der Waals surface area (Å²) in [5, 5.41) is 0. The van der Waals surface area contributed by atoms with Gasteiger partial charge in [-0.2, -0.15) is 0 Å². The van der Waals surface area contributed by atoms with Crippen LogP contribution in [0.3, 0.4) is 0 Å². The van der Waals surface area contributed by atoms with Crippen LogP contribution in [0.15, 0.2) is 24.3 Å². The maximum Gasteiger partial charge on any atom is 0.264 e. The number of fused-ring (bicyclic) bond motifs is 1. The molecule has 2 N–H and O–H groups in total. The molecule has 0 saturated carbocycles. The maximum absolute atomic E-state index is 12.5. The lowest BCUT2D eigenvalue weighted by molar-refractivity contribution is -0.146. The molecule has 1 saturated heterocycles. The Morgan fingerprint density at radius 3 is 3.00 bits per heavy atom. The minimum atomic E-state index is -0.403. The summed E-state index contributed by atoms with van der Waals surface area (Å²) in [6.45, 7) is 3.60. The zero-order valence-corrected chi connectivity index (χ0v) is 11.6. The van der Waals surface area contributed by atoms with Crippen LogP contribution in [-0.2, 0) is 16.0 Å². The SMILES string of the molecule is CC(N)C1CN(C(=O)C2Cc3ccccc3O2)CCO1. The second kappa shape index (κ2) is 5.42. The number of hydrogen-bond donors (Lipinski definition) is 1. The van der Waals surface area contributed by atoms with Crippen molar-refractivity contribution in [1.82, 2.24) is 4.90 Å². The van der Waals surface area contributed by atoms with Gasteiger partial charge in [0.25, 0.3) is 5.91 Å². The summed E-state index contributed by atoms with van der Waals surface area (Å²) in [4.78, 5) is 14.4. The van der Waals surface area contributed by atoms with Crippen molar-refractivity contribution in [2.75, 3.05) is 19.7 Å². The van der Waals surface area contributed by atoms with Gasteiger partial charge in [0, 0.05) is 25.6 Å². The van der Waals surface area contributed by atoms with Crippen LogP contribution < -0.4 is 10.5 Å². The van der Waals surface area contributed by atoms with Crippen molar-refractivity contribution in [2.24, 2.45) is 5.73 Å². The van der Waals surface area contributed by atoms with Crippen molar-refractivity contribution < 1.29 is 14.3 Å². The predicted molar refractivity (Wildman–Crippen MR) is 74.5 cm³/mol. The van der Waals surface area contributed by atoms with Crippen molar-refractivity contribution in [3.05, 3.63) is 29.8 Å². The molecule has 0 radical (unpaired) electrons. The standard InChI is InChI=1S/C15H20N2O3/c1-10(16)14-9-17(6-7-19-14)15(18)13-8-11-4-2-3-5-12(11)20-13/h2-5,10,13-14H,6-9,16H2,1H3. The van der Waals surface area contributed by atoms with Crippen LogP contribution in [0.5, 0.6) is 5.75 Å². The molecule has 1 fully saturated rings. The first-order valence-corrected chi connectivity index (χ1v) is 7.05. The van der Waals surface area contributed by atoms with Gasteiger partial charge in [-0.05, 0) is 18.6 Å². The summed E-state index contributed by atoms with van der Waals surface area (Å²) < 4.78 is 11.3. The highest BCUT2D eigenvalue weighted by Gasteiger charge is 2.35. The number of nitrogens with zero attached hydrogens (tertiary/aromatic N) is 1. The molecule has 0 aromatic heterocycles. The predicted octanol–water partition coefficient (Wildman–Crippen LogP) is 0.565. The third-order valence-corrected chi connectivity index (χ3v) is 3.91. The van der Waals surface area contributed by atoms with Crippen molar-refractivity contribution >= 4 is 5.91 Å². The Bertz CT molecular complexity index is 479. The Morgan fingerprint density at radius 2 is 2.25 bits per heavy atom. The Kier molecular flexibility index (Phi) is 3.63. The number of morpholine rings is 1. The molecule has 20 heavy (non-hydrogen) atoms. The van der Waals surface area contributed by atoms with Crippen molar-refractivity contribution in [3.8, 4) is 5.75 Å². The van der Waals surface area contributed by atoms with E-state index >= 15 is 0 Å². The number of benzene rings is 1. The van der Waals surface area contributed by atoms with E-state index < -0.39 is 6.10 Å². The van der Waals surface area contributed by atoms with Crippen LogP contribution in [0, 0.1) is 0 Å². The quantitative estimate of drug-likeness (QED) is 0.857. The summed E-state index contributed by atoms with van der Waals surface area (Å²) in [5.74, 6) is 0.859. The second-order valence-corrected chi connectivity index (χ2v) is 5.47. The molecule has 2 aliphatic heterocycles. The van der Waals surface area contributed by atoms with Gasteiger partial charge in [0.05, 0.1) is 12.7 Å². The van der Waals surface area contributed by atoms with Crippen molar-refractivity contribution in [3.63, 3.8) is 0 Å². The van der Waals surface area contributed by atoms with E-state index in [1.54, 1.807) is 0 Å². The summed E-state index contributed by atoms with van der Waals surface area (Å²) in [6, 6.07) is 7.73. The van der Waals surface area contributed by atoms with Gasteiger partial charge >= 0.3 is 0 Å². The van der Waals surface area contributed by atoms with E-state index in [0.29, 0.717) is 26.1 Å². The molecular weight excluding hydrogens is 256 g/mol. The second-order valence-electron chi connectivity index (χ2n) is 5.47. The number of rotatable bonds is 2. The minimum Gasteiger partial charge on any atom is -0.480 e. The lowest BCUT2D eigenvalue weighted by Gasteiger charge is -2.35. The summed E-state index contributed by atoms with van der Waals surface area (Å²) in [5.41, 5.74) is 6.96. The highest BCUT2D eigenvalue weighted by atomic mass is 16.5. The Hall–Kier alpha value is -1.59. The monoisotopic (exact) mass is 276 g/mol. The van der Waals surface area contributed by atoms with E-state index in [-0.39, 0.29) is 18.1 Å². The van der Waals surface area contributed by atoms with Crippen molar-refractivity contribution in [2.45, 2.75) is 31.6 Å². The number of para-hydroxylation sites is 1. The van der Waals surface area contributed by atoms with Crippen LogP contribution in [-0.4, -0.2) is 48.8 Å². The van der Waals surface area contributed by atoms with Crippen LogP contribution in [0.2, 0.25) is 0 Å². The molecule has 3 atom stereocenters. The van der Waals surface area contributed by atoms with Gasteiger partial charge in [-0.3, -0.25) is 4.79 Å². The summed E-state index contributed by atoms with van der Waals surface area (Å²) in [6.07, 6.45) is 0.158. The van der Waals surface area contributed by atoms with E-state index in [4.69, 9.17) is 15.2 Å². The zero-order chi connectivity index (χ0) is 14.1. The van der Waals surface area contributed by atoms with Gasteiger partial charge < -0.3 is 20.1 Å². The molecule has 2 heterocycles. The fraction of sp³-hybridized carbons (Fsp3) is 0.533. The van der Waals surface area contributed by atoms with Gasteiger partial charge in [0.15, 0.2) is 6.10 Å². The van der Waals surface area contributed by atoms with E-state index in [0.717, 1.165) is 11.3 Å². The van der Waals surface area contributed by atoms with Gasteiger partial charge in [-0.1, -0.05) is 18.2 Å². The number of carbonyl (C=O) groups is 1. The molecule has 1 amide bonds. The molecule has 1 aromatic carbocycles. The third-order valence-electron chi connectivity index (χ3n) is 3.91. The van der Waals surface area contributed by atoms with Crippen LogP contribution in [0.4, 0.5) is 0 Å². The molecule has 0 aliphatic carbocycles. The molecule has 5 nitrogen and oxygen atoms in total. The average Bonchev–Trinajstić information content (AvgIpc) is 2.90. The van der Waals surface area contributed by atoms with E-state index in [1.807, 2.05) is 36.1 Å². The van der Waals surface area contributed by atoms with Gasteiger partial charge in [0.2, 0.25) is 0 Å². The molecule has 0 bridgehead atoms. The largest absolute Gasteiger partial charge is 0.480 e. The molecule has 3 unspecified atom stereocenters. The first kappa shape index (κ1) is 13.4. The first-order valence-electron chi connectivity index (χ1n) is 7.05. The number of hydrogen-bond acceptors (Lipinski definition) is 4. The third kappa shape index (κ3) is 2.51. The fourth-order valence-corrected chi connectivity index (χ4v) is 2.72. The number of nitrogens with two attached hydrogens (primary N) is 1. The zero-order valence-electron chi connectivity index (χ0n) is 11.6. The fourth-order valence-electron chi connectivity index (χ4n) is 2.72. The first-order chi connectivity index (χ1) is 9.65. The van der Waals surface area contributed by atoms with E-state index in [1.165, 1.54) is 0 Å². The molecular formula is C15H20N2O3. The van der Waals surface area contributed by atoms with Crippen LogP contribution >= 0.6 is 0 Å². The lowest BCUT2D eigenvalue weighted by atomic mass is 10.1. The van der Waals surface area contributed by atoms with Crippen LogP contribution in [0.25, 0.3) is 0 Å². The molecule has 2 aliphatic rings. The normalized spacial score (nSPS) is 26.8.